The zero-order valence-corrected chi connectivity index (χ0v) is 15.2. The van der Waals surface area contributed by atoms with Gasteiger partial charge in [-0.1, -0.05) is 43.2 Å². The van der Waals surface area contributed by atoms with Gasteiger partial charge in [0, 0.05) is 20.0 Å². The molecule has 1 saturated heterocycles. The number of amides is 2. The van der Waals surface area contributed by atoms with Crippen LogP contribution in [-0.4, -0.2) is 35.8 Å². The SMILES string of the molecule is CC(=O)NC(C(=O)N1CCC(Cc2ccccc2)CC1)C1CCCC1. The Hall–Kier alpha value is -1.84. The van der Waals surface area contributed by atoms with Gasteiger partial charge in [-0.3, -0.25) is 9.59 Å². The molecule has 2 fully saturated rings. The fourth-order valence-corrected chi connectivity index (χ4v) is 4.39. The number of nitrogens with one attached hydrogen (secondary N) is 1. The molecule has 1 aliphatic heterocycles. The summed E-state index contributed by atoms with van der Waals surface area (Å²) in [5, 5.41) is 2.94. The van der Waals surface area contributed by atoms with Gasteiger partial charge >= 0.3 is 0 Å². The molecular formula is C21H30N2O2. The van der Waals surface area contributed by atoms with Gasteiger partial charge in [0.15, 0.2) is 0 Å². The Morgan fingerprint density at radius 3 is 2.32 bits per heavy atom. The zero-order valence-electron chi connectivity index (χ0n) is 15.2. The van der Waals surface area contributed by atoms with Crippen molar-refractivity contribution in [2.75, 3.05) is 13.1 Å². The Kier molecular flexibility index (Phi) is 6.11. The van der Waals surface area contributed by atoms with Crippen molar-refractivity contribution in [3.63, 3.8) is 0 Å². The summed E-state index contributed by atoms with van der Waals surface area (Å²) < 4.78 is 0. The van der Waals surface area contributed by atoms with E-state index in [1.54, 1.807) is 0 Å². The standard InChI is InChI=1S/C21H30N2O2/c1-16(24)22-20(19-9-5-6-10-19)21(25)23-13-11-18(12-14-23)15-17-7-3-2-4-8-17/h2-4,7-8,18-20H,5-6,9-15H2,1H3,(H,22,24). The van der Waals surface area contributed by atoms with E-state index in [-0.39, 0.29) is 17.9 Å². The fraction of sp³-hybridized carbons (Fsp3) is 0.619. The predicted molar refractivity (Wildman–Crippen MR) is 99.0 cm³/mol. The number of likely N-dealkylation sites (tertiary alicyclic amines) is 1. The van der Waals surface area contributed by atoms with E-state index < -0.39 is 0 Å². The Bertz CT molecular complexity index is 573. The summed E-state index contributed by atoms with van der Waals surface area (Å²) in [6, 6.07) is 10.3. The summed E-state index contributed by atoms with van der Waals surface area (Å²) in [5.74, 6) is 1.01. The highest BCUT2D eigenvalue weighted by Crippen LogP contribution is 2.30. The fourth-order valence-electron chi connectivity index (χ4n) is 4.39. The quantitative estimate of drug-likeness (QED) is 0.893. The predicted octanol–water partition coefficient (Wildman–Crippen LogP) is 3.16. The van der Waals surface area contributed by atoms with Crippen LogP contribution in [0.2, 0.25) is 0 Å². The molecule has 0 aromatic heterocycles. The van der Waals surface area contributed by atoms with E-state index in [9.17, 15) is 9.59 Å². The van der Waals surface area contributed by atoms with Gasteiger partial charge in [-0.2, -0.15) is 0 Å². The van der Waals surface area contributed by atoms with E-state index in [2.05, 4.69) is 35.6 Å². The van der Waals surface area contributed by atoms with Crippen molar-refractivity contribution in [1.82, 2.24) is 10.2 Å². The molecular weight excluding hydrogens is 312 g/mol. The van der Waals surface area contributed by atoms with Crippen molar-refractivity contribution < 1.29 is 9.59 Å². The monoisotopic (exact) mass is 342 g/mol. The molecule has 1 unspecified atom stereocenters. The summed E-state index contributed by atoms with van der Waals surface area (Å²) in [6.45, 7) is 3.15. The normalized spacial score (nSPS) is 20.4. The van der Waals surface area contributed by atoms with Gasteiger partial charge in [-0.05, 0) is 49.5 Å². The maximum atomic E-state index is 13.0. The van der Waals surface area contributed by atoms with Crippen LogP contribution in [-0.2, 0) is 16.0 Å². The molecule has 25 heavy (non-hydrogen) atoms. The van der Waals surface area contributed by atoms with Crippen molar-refractivity contribution in [2.45, 2.75) is 57.9 Å². The number of hydrogen-bond acceptors (Lipinski definition) is 2. The molecule has 1 saturated carbocycles. The van der Waals surface area contributed by atoms with E-state index in [4.69, 9.17) is 0 Å². The minimum absolute atomic E-state index is 0.0933. The number of carbonyl (C=O) groups is 2. The van der Waals surface area contributed by atoms with Gasteiger partial charge in [0.2, 0.25) is 11.8 Å². The van der Waals surface area contributed by atoms with E-state index in [1.165, 1.54) is 25.3 Å². The third-order valence-electron chi connectivity index (χ3n) is 5.79. The Morgan fingerprint density at radius 1 is 1.08 bits per heavy atom. The summed E-state index contributed by atoms with van der Waals surface area (Å²) in [6.07, 6.45) is 7.67. The number of carbonyl (C=O) groups excluding carboxylic acids is 2. The molecule has 0 bridgehead atoms. The van der Waals surface area contributed by atoms with Crippen molar-refractivity contribution in [2.24, 2.45) is 11.8 Å². The first kappa shape index (κ1) is 18.0. The van der Waals surface area contributed by atoms with Crippen LogP contribution in [0.25, 0.3) is 0 Å². The van der Waals surface area contributed by atoms with Crippen LogP contribution in [0.15, 0.2) is 30.3 Å². The van der Waals surface area contributed by atoms with Crippen molar-refractivity contribution >= 4 is 11.8 Å². The average Bonchev–Trinajstić information content (AvgIpc) is 3.15. The second-order valence-electron chi connectivity index (χ2n) is 7.68. The molecule has 0 spiro atoms. The molecule has 1 aliphatic carbocycles. The molecule has 4 heteroatoms. The van der Waals surface area contributed by atoms with Crippen molar-refractivity contribution in [1.29, 1.82) is 0 Å². The third kappa shape index (κ3) is 4.83. The second kappa shape index (κ2) is 8.50. The molecule has 1 atom stereocenters. The summed E-state index contributed by atoms with van der Waals surface area (Å²) in [4.78, 5) is 26.6. The van der Waals surface area contributed by atoms with E-state index in [0.717, 1.165) is 45.2 Å². The number of nitrogens with zero attached hydrogens (tertiary/aromatic N) is 1. The van der Waals surface area contributed by atoms with Gasteiger partial charge in [0.1, 0.15) is 6.04 Å². The number of hydrogen-bond donors (Lipinski definition) is 1. The third-order valence-corrected chi connectivity index (χ3v) is 5.79. The van der Waals surface area contributed by atoms with Gasteiger partial charge in [-0.15, -0.1) is 0 Å². The van der Waals surface area contributed by atoms with Gasteiger partial charge < -0.3 is 10.2 Å². The number of rotatable bonds is 5. The lowest BCUT2D eigenvalue weighted by Gasteiger charge is -2.36. The summed E-state index contributed by atoms with van der Waals surface area (Å²) in [5.41, 5.74) is 1.38. The first-order valence-corrected chi connectivity index (χ1v) is 9.73. The molecule has 0 radical (unpaired) electrons. The molecule has 1 aromatic rings. The lowest BCUT2D eigenvalue weighted by Crippen LogP contribution is -2.53. The number of benzene rings is 1. The maximum Gasteiger partial charge on any atom is 0.245 e. The smallest absolute Gasteiger partial charge is 0.245 e. The van der Waals surface area contributed by atoms with Crippen LogP contribution in [0.3, 0.4) is 0 Å². The highest BCUT2D eigenvalue weighted by Gasteiger charge is 2.35. The zero-order chi connectivity index (χ0) is 17.6. The summed E-state index contributed by atoms with van der Waals surface area (Å²) in [7, 11) is 0. The molecule has 2 amide bonds. The molecule has 1 aromatic carbocycles. The largest absolute Gasteiger partial charge is 0.344 e. The molecule has 1 N–H and O–H groups in total. The molecule has 2 aliphatic rings. The lowest BCUT2D eigenvalue weighted by atomic mass is 9.89. The minimum Gasteiger partial charge on any atom is -0.344 e. The molecule has 3 rings (SSSR count). The van der Waals surface area contributed by atoms with E-state index >= 15 is 0 Å². The van der Waals surface area contributed by atoms with Crippen LogP contribution in [0.4, 0.5) is 0 Å². The minimum atomic E-state index is -0.314. The lowest BCUT2D eigenvalue weighted by molar-refractivity contribution is -0.138. The second-order valence-corrected chi connectivity index (χ2v) is 7.68. The topological polar surface area (TPSA) is 49.4 Å². The maximum absolute atomic E-state index is 13.0. The van der Waals surface area contributed by atoms with Crippen LogP contribution in [0.5, 0.6) is 0 Å². The Labute approximate surface area is 151 Å². The number of piperidine rings is 1. The van der Waals surface area contributed by atoms with Crippen LogP contribution < -0.4 is 5.32 Å². The molecule has 4 nitrogen and oxygen atoms in total. The van der Waals surface area contributed by atoms with Crippen LogP contribution in [0.1, 0.15) is 51.0 Å². The van der Waals surface area contributed by atoms with Gasteiger partial charge in [0.25, 0.3) is 0 Å². The molecule has 136 valence electrons. The highest BCUT2D eigenvalue weighted by atomic mass is 16.2. The van der Waals surface area contributed by atoms with E-state index in [1.807, 2.05) is 4.90 Å². The molecule has 1 heterocycles. The van der Waals surface area contributed by atoms with Crippen LogP contribution >= 0.6 is 0 Å². The van der Waals surface area contributed by atoms with E-state index in [0.29, 0.717) is 11.8 Å². The highest BCUT2D eigenvalue weighted by molar-refractivity contribution is 5.87. The van der Waals surface area contributed by atoms with Gasteiger partial charge in [-0.25, -0.2) is 0 Å². The first-order valence-electron chi connectivity index (χ1n) is 9.73. The summed E-state index contributed by atoms with van der Waals surface area (Å²) >= 11 is 0. The Balaban J connectivity index is 1.55. The Morgan fingerprint density at radius 2 is 1.72 bits per heavy atom. The first-order chi connectivity index (χ1) is 12.1. The van der Waals surface area contributed by atoms with Gasteiger partial charge in [0.05, 0.1) is 0 Å². The van der Waals surface area contributed by atoms with Crippen LogP contribution in [0, 0.1) is 11.8 Å². The van der Waals surface area contributed by atoms with Crippen molar-refractivity contribution in [3.8, 4) is 0 Å². The average molecular weight is 342 g/mol. The van der Waals surface area contributed by atoms with Crippen molar-refractivity contribution in [3.05, 3.63) is 35.9 Å².